The summed E-state index contributed by atoms with van der Waals surface area (Å²) in [5, 5.41) is 16.0. The second-order valence-electron chi connectivity index (χ2n) is 4.31. The van der Waals surface area contributed by atoms with Crippen LogP contribution in [-0.2, 0) is 4.79 Å². The number of amides is 1. The van der Waals surface area contributed by atoms with Crippen LogP contribution in [0.4, 0.5) is 5.69 Å². The largest absolute Gasteiger partial charge is 0.383 e. The molecule has 1 aromatic heterocycles. The second kappa shape index (κ2) is 6.53. The Morgan fingerprint density at radius 3 is 2.95 bits per heavy atom. The zero-order valence-corrected chi connectivity index (χ0v) is 11.3. The third kappa shape index (κ3) is 3.04. The highest BCUT2D eigenvalue weighted by molar-refractivity contribution is 5.94. The third-order valence-electron chi connectivity index (χ3n) is 2.92. The highest BCUT2D eigenvalue weighted by Crippen LogP contribution is 2.25. The van der Waals surface area contributed by atoms with Gasteiger partial charge < -0.3 is 10.6 Å². The molecule has 5 nitrogen and oxygen atoms in total. The Bertz CT molecular complexity index is 660. The number of anilines is 1. The van der Waals surface area contributed by atoms with Gasteiger partial charge in [0, 0.05) is 31.1 Å². The Kier molecular flexibility index (Phi) is 4.51. The smallest absolute Gasteiger partial charge is 0.221 e. The third-order valence-corrected chi connectivity index (χ3v) is 2.92. The molecule has 0 saturated heterocycles. The summed E-state index contributed by atoms with van der Waals surface area (Å²) in [4.78, 5) is 15.7. The van der Waals surface area contributed by atoms with Crippen LogP contribution in [0.2, 0.25) is 0 Å². The van der Waals surface area contributed by atoms with Gasteiger partial charge in [-0.1, -0.05) is 18.2 Å². The number of benzene rings is 1. The molecular weight excluding hydrogens is 252 g/mol. The van der Waals surface area contributed by atoms with Crippen molar-refractivity contribution in [1.29, 1.82) is 5.26 Å². The van der Waals surface area contributed by atoms with E-state index in [1.54, 1.807) is 6.20 Å². The lowest BCUT2D eigenvalue weighted by Crippen LogP contribution is -2.24. The first kappa shape index (κ1) is 13.8. The van der Waals surface area contributed by atoms with Crippen molar-refractivity contribution in [3.63, 3.8) is 0 Å². The fourth-order valence-corrected chi connectivity index (χ4v) is 2.00. The molecule has 0 aliphatic carbocycles. The number of hydrogen-bond acceptors (Lipinski definition) is 4. The van der Waals surface area contributed by atoms with Gasteiger partial charge in [-0.3, -0.25) is 9.78 Å². The Labute approximate surface area is 117 Å². The normalized spacial score (nSPS) is 10.0. The summed E-state index contributed by atoms with van der Waals surface area (Å²) in [6.07, 6.45) is 1.92. The van der Waals surface area contributed by atoms with E-state index < -0.39 is 0 Å². The van der Waals surface area contributed by atoms with E-state index >= 15 is 0 Å². The first-order valence-corrected chi connectivity index (χ1v) is 6.54. The maximum absolute atomic E-state index is 11.4. The van der Waals surface area contributed by atoms with Gasteiger partial charge in [-0.25, -0.2) is 0 Å². The number of nitrogens with zero attached hydrogens (tertiary/aromatic N) is 2. The van der Waals surface area contributed by atoms with E-state index in [2.05, 4.69) is 21.7 Å². The number of aromatic nitrogens is 1. The fourth-order valence-electron chi connectivity index (χ4n) is 2.00. The highest BCUT2D eigenvalue weighted by Gasteiger charge is 2.08. The Balaban J connectivity index is 2.20. The average molecular weight is 268 g/mol. The molecule has 0 saturated carbocycles. The molecule has 5 heteroatoms. The van der Waals surface area contributed by atoms with Crippen molar-refractivity contribution in [2.45, 2.75) is 13.3 Å². The van der Waals surface area contributed by atoms with Crippen LogP contribution in [0.1, 0.15) is 18.9 Å². The number of hydrogen-bond donors (Lipinski definition) is 2. The van der Waals surface area contributed by atoms with Gasteiger partial charge in [-0.2, -0.15) is 5.26 Å². The summed E-state index contributed by atoms with van der Waals surface area (Å²) >= 11 is 0. The molecule has 0 atom stereocenters. The number of carbonyl (C=O) groups excluding carboxylic acids is 1. The van der Waals surface area contributed by atoms with Crippen LogP contribution in [-0.4, -0.2) is 24.0 Å². The number of nitrogens with one attached hydrogen (secondary N) is 2. The Hall–Kier alpha value is -2.61. The van der Waals surface area contributed by atoms with E-state index in [1.807, 2.05) is 31.2 Å². The number of para-hydroxylation sites is 1. The molecule has 0 aliphatic rings. The van der Waals surface area contributed by atoms with Crippen LogP contribution in [0, 0.1) is 11.3 Å². The van der Waals surface area contributed by atoms with Gasteiger partial charge in [0.05, 0.1) is 16.8 Å². The quantitative estimate of drug-likeness (QED) is 0.870. The van der Waals surface area contributed by atoms with E-state index in [0.29, 0.717) is 25.1 Å². The molecule has 1 amide bonds. The number of nitriles is 1. The lowest BCUT2D eigenvalue weighted by Gasteiger charge is -2.11. The molecule has 1 aromatic carbocycles. The summed E-state index contributed by atoms with van der Waals surface area (Å²) in [6.45, 7) is 2.99. The van der Waals surface area contributed by atoms with Crippen molar-refractivity contribution in [3.8, 4) is 6.07 Å². The van der Waals surface area contributed by atoms with Crippen LogP contribution in [0.5, 0.6) is 0 Å². The second-order valence-corrected chi connectivity index (χ2v) is 4.31. The van der Waals surface area contributed by atoms with E-state index in [1.165, 1.54) is 0 Å². The van der Waals surface area contributed by atoms with Gasteiger partial charge >= 0.3 is 0 Å². The number of rotatable bonds is 5. The van der Waals surface area contributed by atoms with Crippen LogP contribution in [0.15, 0.2) is 30.5 Å². The monoisotopic (exact) mass is 268 g/mol. The minimum Gasteiger partial charge on any atom is -0.383 e. The van der Waals surface area contributed by atoms with Crippen molar-refractivity contribution in [2.75, 3.05) is 18.4 Å². The zero-order valence-electron chi connectivity index (χ0n) is 11.3. The lowest BCUT2D eigenvalue weighted by molar-refractivity contribution is -0.120. The molecule has 2 N–H and O–H groups in total. The average Bonchev–Trinajstić information content (AvgIpc) is 2.47. The summed E-state index contributed by atoms with van der Waals surface area (Å²) in [5.74, 6) is -0.00290. The predicted octanol–water partition coefficient (Wildman–Crippen LogP) is 2.04. The molecule has 102 valence electrons. The molecule has 0 bridgehead atoms. The van der Waals surface area contributed by atoms with E-state index in [-0.39, 0.29) is 5.91 Å². The van der Waals surface area contributed by atoms with Crippen LogP contribution >= 0.6 is 0 Å². The number of pyridine rings is 1. The molecule has 0 unspecified atom stereocenters. The summed E-state index contributed by atoms with van der Waals surface area (Å²) in [6, 6.07) is 9.74. The topological polar surface area (TPSA) is 77.8 Å². The standard InChI is InChI=1S/C15H16N4O/c1-2-17-14(20)7-8-18-15-11(9-16)10-19-13-6-4-3-5-12(13)15/h3-6,10H,2,7-8H2,1H3,(H,17,20)(H,18,19). The van der Waals surface area contributed by atoms with Crippen molar-refractivity contribution >= 4 is 22.5 Å². The van der Waals surface area contributed by atoms with Gasteiger partial charge in [-0.15, -0.1) is 0 Å². The molecular formula is C15H16N4O. The molecule has 0 fully saturated rings. The molecule has 0 spiro atoms. The van der Waals surface area contributed by atoms with E-state index in [4.69, 9.17) is 5.26 Å². The maximum atomic E-state index is 11.4. The van der Waals surface area contributed by atoms with Gasteiger partial charge in [0.15, 0.2) is 0 Å². The molecule has 20 heavy (non-hydrogen) atoms. The van der Waals surface area contributed by atoms with Crippen LogP contribution < -0.4 is 10.6 Å². The maximum Gasteiger partial charge on any atom is 0.221 e. The number of fused-ring (bicyclic) bond motifs is 1. The number of carbonyl (C=O) groups is 1. The Morgan fingerprint density at radius 2 is 2.20 bits per heavy atom. The van der Waals surface area contributed by atoms with Gasteiger partial charge in [0.1, 0.15) is 6.07 Å². The molecule has 1 heterocycles. The minimum absolute atomic E-state index is 0.00290. The summed E-state index contributed by atoms with van der Waals surface area (Å²) < 4.78 is 0. The molecule has 0 aliphatic heterocycles. The summed E-state index contributed by atoms with van der Waals surface area (Å²) in [5.41, 5.74) is 2.05. The predicted molar refractivity (Wildman–Crippen MR) is 78.2 cm³/mol. The minimum atomic E-state index is -0.00290. The van der Waals surface area contributed by atoms with Crippen LogP contribution in [0.25, 0.3) is 10.9 Å². The van der Waals surface area contributed by atoms with Crippen molar-refractivity contribution in [2.24, 2.45) is 0 Å². The van der Waals surface area contributed by atoms with E-state index in [9.17, 15) is 4.79 Å². The molecule has 2 aromatic rings. The first-order valence-electron chi connectivity index (χ1n) is 6.54. The fraction of sp³-hybridized carbons (Fsp3) is 0.267. The van der Waals surface area contributed by atoms with Gasteiger partial charge in [0.2, 0.25) is 5.91 Å². The SMILES string of the molecule is CCNC(=O)CCNc1c(C#N)cnc2ccccc12. The first-order chi connectivity index (χ1) is 9.76. The van der Waals surface area contributed by atoms with Crippen molar-refractivity contribution in [3.05, 3.63) is 36.0 Å². The highest BCUT2D eigenvalue weighted by atomic mass is 16.1. The zero-order chi connectivity index (χ0) is 14.4. The van der Waals surface area contributed by atoms with Gasteiger partial charge in [0.25, 0.3) is 0 Å². The van der Waals surface area contributed by atoms with Crippen molar-refractivity contribution < 1.29 is 4.79 Å². The van der Waals surface area contributed by atoms with Gasteiger partial charge in [-0.05, 0) is 13.0 Å². The van der Waals surface area contributed by atoms with Crippen molar-refractivity contribution in [1.82, 2.24) is 10.3 Å². The Morgan fingerprint density at radius 1 is 1.40 bits per heavy atom. The molecule has 0 radical (unpaired) electrons. The summed E-state index contributed by atoms with van der Waals surface area (Å²) in [7, 11) is 0. The lowest BCUT2D eigenvalue weighted by atomic mass is 10.1. The molecule has 2 rings (SSSR count). The van der Waals surface area contributed by atoms with E-state index in [0.717, 1.165) is 16.6 Å². The van der Waals surface area contributed by atoms with Crippen LogP contribution in [0.3, 0.4) is 0 Å².